The highest BCUT2D eigenvalue weighted by molar-refractivity contribution is 7.89. The van der Waals surface area contributed by atoms with Crippen molar-refractivity contribution >= 4 is 15.8 Å². The van der Waals surface area contributed by atoms with Gasteiger partial charge in [-0.15, -0.1) is 0 Å². The van der Waals surface area contributed by atoms with E-state index in [0.29, 0.717) is 37.1 Å². The van der Waals surface area contributed by atoms with Crippen LogP contribution in [-0.2, 0) is 10.0 Å². The topological polar surface area (TPSA) is 68.8 Å². The quantitative estimate of drug-likeness (QED) is 0.783. The van der Waals surface area contributed by atoms with E-state index < -0.39 is 10.0 Å². The summed E-state index contributed by atoms with van der Waals surface area (Å²) in [6, 6.07) is 11.8. The lowest BCUT2D eigenvalue weighted by Gasteiger charge is -2.37. The molecule has 0 amide bonds. The second-order valence-corrected chi connectivity index (χ2v) is 10.1. The second kappa shape index (κ2) is 9.01. The fourth-order valence-corrected chi connectivity index (χ4v) is 5.51. The minimum absolute atomic E-state index is 0.348. The van der Waals surface area contributed by atoms with E-state index in [-0.39, 0.29) is 0 Å². The van der Waals surface area contributed by atoms with E-state index in [1.54, 1.807) is 16.4 Å². The van der Waals surface area contributed by atoms with Gasteiger partial charge in [-0.2, -0.15) is 4.31 Å². The van der Waals surface area contributed by atoms with Crippen molar-refractivity contribution in [1.82, 2.24) is 19.5 Å². The fraction of sp³-hybridized carbons (Fsp3) is 0.500. The zero-order chi connectivity index (χ0) is 21.1. The normalized spacial score (nSPS) is 19.4. The summed E-state index contributed by atoms with van der Waals surface area (Å²) in [7, 11) is -3.43. The van der Waals surface area contributed by atoms with E-state index in [1.807, 2.05) is 18.3 Å². The molecular weight excluding hydrogens is 398 g/mol. The molecule has 0 unspecified atom stereocenters. The van der Waals surface area contributed by atoms with Crippen molar-refractivity contribution < 1.29 is 8.42 Å². The molecule has 0 radical (unpaired) electrons. The van der Waals surface area contributed by atoms with E-state index in [9.17, 15) is 8.42 Å². The van der Waals surface area contributed by atoms with Crippen LogP contribution in [0.4, 0.5) is 5.82 Å². The molecule has 1 aromatic heterocycles. The van der Waals surface area contributed by atoms with Crippen LogP contribution in [0.15, 0.2) is 47.5 Å². The Kier molecular flexibility index (Phi) is 6.38. The number of benzene rings is 1. The van der Waals surface area contributed by atoms with E-state index in [1.165, 1.54) is 0 Å². The van der Waals surface area contributed by atoms with Gasteiger partial charge in [0.25, 0.3) is 0 Å². The fourth-order valence-electron chi connectivity index (χ4n) is 4.06. The highest BCUT2D eigenvalue weighted by atomic mass is 32.2. The molecule has 0 saturated carbocycles. The van der Waals surface area contributed by atoms with Crippen LogP contribution < -0.4 is 10.2 Å². The summed E-state index contributed by atoms with van der Waals surface area (Å²) in [6.45, 7) is 11.0. The number of piperazine rings is 2. The first-order valence-corrected chi connectivity index (χ1v) is 12.2. The number of sulfonamides is 1. The molecule has 162 valence electrons. The molecule has 2 fully saturated rings. The predicted octanol–water partition coefficient (Wildman–Crippen LogP) is 1.87. The number of aromatic nitrogens is 1. The van der Waals surface area contributed by atoms with Gasteiger partial charge in [0.05, 0.1) is 4.90 Å². The third kappa shape index (κ3) is 4.51. The number of pyridine rings is 1. The van der Waals surface area contributed by atoms with Gasteiger partial charge in [0.15, 0.2) is 0 Å². The summed E-state index contributed by atoms with van der Waals surface area (Å²) < 4.78 is 27.1. The van der Waals surface area contributed by atoms with Gasteiger partial charge in [0, 0.05) is 70.2 Å². The molecule has 8 heteroatoms. The Morgan fingerprint density at radius 3 is 2.07 bits per heavy atom. The summed E-state index contributed by atoms with van der Waals surface area (Å²) in [5.41, 5.74) is 1.96. The molecule has 7 nitrogen and oxygen atoms in total. The number of hydrogen-bond donors (Lipinski definition) is 1. The summed E-state index contributed by atoms with van der Waals surface area (Å²) in [5, 5.41) is 3.19. The van der Waals surface area contributed by atoms with Gasteiger partial charge in [-0.25, -0.2) is 13.4 Å². The van der Waals surface area contributed by atoms with Crippen molar-refractivity contribution in [1.29, 1.82) is 0 Å². The Hall–Kier alpha value is -2.00. The summed E-state index contributed by atoms with van der Waals surface area (Å²) in [6.07, 6.45) is 1.88. The first-order chi connectivity index (χ1) is 14.4. The molecule has 1 aromatic carbocycles. The molecule has 0 spiro atoms. The average molecular weight is 430 g/mol. The molecule has 3 heterocycles. The highest BCUT2D eigenvalue weighted by Crippen LogP contribution is 2.24. The van der Waals surface area contributed by atoms with Gasteiger partial charge in [-0.05, 0) is 43.7 Å². The second-order valence-electron chi connectivity index (χ2n) is 8.20. The van der Waals surface area contributed by atoms with Crippen LogP contribution in [0, 0.1) is 0 Å². The molecule has 1 N–H and O–H groups in total. The molecule has 0 atom stereocenters. The molecule has 0 aliphatic carbocycles. The van der Waals surface area contributed by atoms with Crippen LogP contribution in [0.25, 0.3) is 11.1 Å². The van der Waals surface area contributed by atoms with Crippen molar-refractivity contribution in [3.05, 3.63) is 42.6 Å². The van der Waals surface area contributed by atoms with Gasteiger partial charge in [0.2, 0.25) is 10.0 Å². The minimum Gasteiger partial charge on any atom is -0.354 e. The zero-order valence-electron chi connectivity index (χ0n) is 17.8. The van der Waals surface area contributed by atoms with Gasteiger partial charge in [0.1, 0.15) is 5.82 Å². The largest absolute Gasteiger partial charge is 0.354 e. The molecule has 0 bridgehead atoms. The van der Waals surface area contributed by atoms with Crippen LogP contribution in [0.3, 0.4) is 0 Å². The Morgan fingerprint density at radius 2 is 1.50 bits per heavy atom. The maximum absolute atomic E-state index is 12.8. The van der Waals surface area contributed by atoms with Crippen LogP contribution in [-0.4, -0.2) is 81.0 Å². The summed E-state index contributed by atoms with van der Waals surface area (Å²) in [4.78, 5) is 9.83. The van der Waals surface area contributed by atoms with Crippen LogP contribution in [0.2, 0.25) is 0 Å². The van der Waals surface area contributed by atoms with Crippen molar-refractivity contribution in [2.45, 2.75) is 24.8 Å². The highest BCUT2D eigenvalue weighted by Gasteiger charge is 2.25. The number of nitrogens with zero attached hydrogens (tertiary/aromatic N) is 4. The molecule has 2 aromatic rings. The van der Waals surface area contributed by atoms with Crippen molar-refractivity contribution in [3.8, 4) is 11.1 Å². The third-order valence-electron chi connectivity index (χ3n) is 6.02. The minimum atomic E-state index is -3.43. The Labute approximate surface area is 179 Å². The number of hydrogen-bond acceptors (Lipinski definition) is 6. The van der Waals surface area contributed by atoms with E-state index in [2.05, 4.69) is 46.1 Å². The van der Waals surface area contributed by atoms with Crippen molar-refractivity contribution in [2.75, 3.05) is 57.3 Å². The lowest BCUT2D eigenvalue weighted by molar-refractivity contribution is 0.209. The zero-order valence-corrected chi connectivity index (χ0v) is 18.6. The summed E-state index contributed by atoms with van der Waals surface area (Å²) in [5.74, 6) is 1.00. The van der Waals surface area contributed by atoms with Crippen molar-refractivity contribution in [2.24, 2.45) is 0 Å². The summed E-state index contributed by atoms with van der Waals surface area (Å²) >= 11 is 0. The maximum atomic E-state index is 12.8. The Bertz CT molecular complexity index is 930. The molecule has 2 aliphatic rings. The van der Waals surface area contributed by atoms with Gasteiger partial charge in [-0.3, -0.25) is 4.90 Å². The van der Waals surface area contributed by atoms with Gasteiger partial charge < -0.3 is 10.2 Å². The molecule has 2 saturated heterocycles. The standard InChI is InChI=1S/C22H31N5O2S/c1-18(2)25-13-15-26(16-14-25)22-8-5-20(17-24-22)19-3-6-21(7-4-19)30(28,29)27-11-9-23-10-12-27/h3-8,17-18,23H,9-16H2,1-2H3. The van der Waals surface area contributed by atoms with E-state index in [4.69, 9.17) is 0 Å². The smallest absolute Gasteiger partial charge is 0.243 e. The Morgan fingerprint density at radius 1 is 0.867 bits per heavy atom. The molecule has 2 aliphatic heterocycles. The maximum Gasteiger partial charge on any atom is 0.243 e. The SMILES string of the molecule is CC(C)N1CCN(c2ccc(-c3ccc(S(=O)(=O)N4CCNCC4)cc3)cn2)CC1. The lowest BCUT2D eigenvalue weighted by Crippen LogP contribution is -2.49. The van der Waals surface area contributed by atoms with E-state index >= 15 is 0 Å². The van der Waals surface area contributed by atoms with Crippen LogP contribution in [0.1, 0.15) is 13.8 Å². The average Bonchev–Trinajstić information content (AvgIpc) is 2.80. The number of rotatable bonds is 5. The van der Waals surface area contributed by atoms with E-state index in [0.717, 1.165) is 43.1 Å². The first kappa shape index (κ1) is 21.2. The van der Waals surface area contributed by atoms with Crippen LogP contribution in [0.5, 0.6) is 0 Å². The van der Waals surface area contributed by atoms with Crippen LogP contribution >= 0.6 is 0 Å². The molecular formula is C22H31N5O2S. The lowest BCUT2D eigenvalue weighted by atomic mass is 10.1. The number of nitrogens with one attached hydrogen (secondary N) is 1. The molecule has 30 heavy (non-hydrogen) atoms. The number of anilines is 1. The Balaban J connectivity index is 1.43. The van der Waals surface area contributed by atoms with Gasteiger partial charge in [-0.1, -0.05) is 12.1 Å². The predicted molar refractivity (Wildman–Crippen MR) is 120 cm³/mol. The van der Waals surface area contributed by atoms with Gasteiger partial charge >= 0.3 is 0 Å². The van der Waals surface area contributed by atoms with Crippen molar-refractivity contribution in [3.63, 3.8) is 0 Å². The first-order valence-electron chi connectivity index (χ1n) is 10.7. The third-order valence-corrected chi connectivity index (χ3v) is 7.93. The molecule has 4 rings (SSSR count). The monoisotopic (exact) mass is 429 g/mol.